The molecule has 0 amide bonds. The quantitative estimate of drug-likeness (QED) is 0.584. The van der Waals surface area contributed by atoms with E-state index in [9.17, 15) is 4.79 Å². The molecule has 0 saturated carbocycles. The van der Waals surface area contributed by atoms with Gasteiger partial charge in [-0.2, -0.15) is 0 Å². The number of halogens is 1. The fourth-order valence-corrected chi connectivity index (χ4v) is 2.15. The monoisotopic (exact) mass is 330 g/mol. The molecule has 2 nitrogen and oxygen atoms in total. The van der Waals surface area contributed by atoms with E-state index in [0.29, 0.717) is 12.2 Å². The lowest BCUT2D eigenvalue weighted by Crippen LogP contribution is -1.93. The predicted molar refractivity (Wildman–Crippen MR) is 85.1 cm³/mol. The average Bonchev–Trinajstić information content (AvgIpc) is 2.46. The molecule has 0 unspecified atom stereocenters. The summed E-state index contributed by atoms with van der Waals surface area (Å²) in [6.45, 7) is 2.60. The molecule has 2 aromatic rings. The molecule has 0 spiro atoms. The molecular formula is C17H15BrO2. The third-order valence-corrected chi connectivity index (χ3v) is 3.22. The summed E-state index contributed by atoms with van der Waals surface area (Å²) in [5, 5.41) is 0. The fraction of sp³-hybridized carbons (Fsp3) is 0.118. The first-order chi connectivity index (χ1) is 9.69. The van der Waals surface area contributed by atoms with E-state index in [1.807, 2.05) is 49.4 Å². The Kier molecular flexibility index (Phi) is 5.13. The fourth-order valence-electron chi connectivity index (χ4n) is 1.75. The molecule has 20 heavy (non-hydrogen) atoms. The summed E-state index contributed by atoms with van der Waals surface area (Å²) in [7, 11) is 0. The van der Waals surface area contributed by atoms with Gasteiger partial charge in [0, 0.05) is 10.0 Å². The van der Waals surface area contributed by atoms with Crippen LogP contribution >= 0.6 is 15.9 Å². The molecule has 0 fully saturated rings. The number of allylic oxidation sites excluding steroid dienone is 1. The van der Waals surface area contributed by atoms with Gasteiger partial charge in [0.15, 0.2) is 5.78 Å². The minimum absolute atomic E-state index is 0.0137. The van der Waals surface area contributed by atoms with Crippen molar-refractivity contribution < 1.29 is 9.53 Å². The van der Waals surface area contributed by atoms with Crippen molar-refractivity contribution >= 4 is 27.8 Å². The van der Waals surface area contributed by atoms with E-state index in [-0.39, 0.29) is 5.78 Å². The summed E-state index contributed by atoms with van der Waals surface area (Å²) >= 11 is 3.36. The van der Waals surface area contributed by atoms with Gasteiger partial charge >= 0.3 is 0 Å². The van der Waals surface area contributed by atoms with Crippen LogP contribution < -0.4 is 4.74 Å². The number of carbonyl (C=O) groups excluding carboxylic acids is 1. The van der Waals surface area contributed by atoms with E-state index in [1.165, 1.54) is 0 Å². The number of ketones is 1. The van der Waals surface area contributed by atoms with Gasteiger partial charge in [0.2, 0.25) is 0 Å². The second-order valence-electron chi connectivity index (χ2n) is 4.21. The molecule has 0 bridgehead atoms. The number of rotatable bonds is 5. The Morgan fingerprint density at radius 1 is 1.20 bits per heavy atom. The van der Waals surface area contributed by atoms with Crippen molar-refractivity contribution in [3.05, 3.63) is 70.2 Å². The van der Waals surface area contributed by atoms with Crippen LogP contribution in [0.1, 0.15) is 22.8 Å². The Labute approximate surface area is 127 Å². The van der Waals surface area contributed by atoms with Crippen LogP contribution in [0.2, 0.25) is 0 Å². The molecule has 0 aromatic heterocycles. The maximum absolute atomic E-state index is 12.0. The molecule has 102 valence electrons. The maximum atomic E-state index is 12.0. The largest absolute Gasteiger partial charge is 0.494 e. The molecule has 2 aromatic carbocycles. The van der Waals surface area contributed by atoms with Crippen LogP contribution in [-0.4, -0.2) is 12.4 Å². The molecule has 0 heterocycles. The Balaban J connectivity index is 2.07. The number of hydrogen-bond donors (Lipinski definition) is 0. The zero-order valence-corrected chi connectivity index (χ0v) is 12.8. The van der Waals surface area contributed by atoms with Crippen LogP contribution in [0.15, 0.2) is 59.1 Å². The summed E-state index contributed by atoms with van der Waals surface area (Å²) < 4.78 is 6.27. The summed E-state index contributed by atoms with van der Waals surface area (Å²) in [5.41, 5.74) is 1.64. The summed E-state index contributed by atoms with van der Waals surface area (Å²) in [5.74, 6) is 0.822. The third kappa shape index (κ3) is 4.07. The Morgan fingerprint density at radius 3 is 2.60 bits per heavy atom. The second kappa shape index (κ2) is 7.06. The smallest absolute Gasteiger partial charge is 0.185 e. The van der Waals surface area contributed by atoms with Gasteiger partial charge in [-0.1, -0.05) is 46.3 Å². The molecule has 2 rings (SSSR count). The van der Waals surface area contributed by atoms with Crippen molar-refractivity contribution in [2.45, 2.75) is 6.92 Å². The minimum Gasteiger partial charge on any atom is -0.494 e. The lowest BCUT2D eigenvalue weighted by atomic mass is 10.1. The number of carbonyl (C=O) groups is 1. The van der Waals surface area contributed by atoms with Crippen LogP contribution in [0, 0.1) is 0 Å². The van der Waals surface area contributed by atoms with Crippen molar-refractivity contribution in [1.29, 1.82) is 0 Å². The molecule has 0 saturated heterocycles. The van der Waals surface area contributed by atoms with Crippen LogP contribution in [0.25, 0.3) is 6.08 Å². The van der Waals surface area contributed by atoms with Crippen molar-refractivity contribution in [2.24, 2.45) is 0 Å². The van der Waals surface area contributed by atoms with Crippen molar-refractivity contribution in [1.82, 2.24) is 0 Å². The van der Waals surface area contributed by atoms with E-state index in [2.05, 4.69) is 15.9 Å². The summed E-state index contributed by atoms with van der Waals surface area (Å²) in [4.78, 5) is 12.0. The number of ether oxygens (including phenoxy) is 1. The van der Waals surface area contributed by atoms with E-state index in [4.69, 9.17) is 4.74 Å². The third-order valence-electron chi connectivity index (χ3n) is 2.73. The first-order valence-electron chi connectivity index (χ1n) is 6.40. The van der Waals surface area contributed by atoms with Crippen LogP contribution in [-0.2, 0) is 0 Å². The number of hydrogen-bond acceptors (Lipinski definition) is 2. The van der Waals surface area contributed by atoms with E-state index >= 15 is 0 Å². The van der Waals surface area contributed by atoms with Gasteiger partial charge in [0.05, 0.1) is 6.61 Å². The zero-order valence-electron chi connectivity index (χ0n) is 11.2. The standard InChI is InChI=1S/C17H15BrO2/c1-2-20-16-9-6-13(7-10-16)8-11-17(19)14-4-3-5-15(18)12-14/h3-12H,2H2,1H3/b11-8+. The van der Waals surface area contributed by atoms with Crippen LogP contribution in [0.3, 0.4) is 0 Å². The molecule has 0 aliphatic carbocycles. The lowest BCUT2D eigenvalue weighted by Gasteiger charge is -2.02. The van der Waals surface area contributed by atoms with Gasteiger partial charge in [-0.25, -0.2) is 0 Å². The topological polar surface area (TPSA) is 26.3 Å². The molecule has 0 N–H and O–H groups in total. The van der Waals surface area contributed by atoms with Crippen molar-refractivity contribution in [3.8, 4) is 5.75 Å². The highest BCUT2D eigenvalue weighted by Crippen LogP contribution is 2.15. The second-order valence-corrected chi connectivity index (χ2v) is 5.13. The van der Waals surface area contributed by atoms with Gasteiger partial charge in [0.25, 0.3) is 0 Å². The average molecular weight is 331 g/mol. The predicted octanol–water partition coefficient (Wildman–Crippen LogP) is 4.74. The van der Waals surface area contributed by atoms with Gasteiger partial charge in [-0.3, -0.25) is 4.79 Å². The van der Waals surface area contributed by atoms with E-state index < -0.39 is 0 Å². The molecule has 3 heteroatoms. The van der Waals surface area contributed by atoms with Gasteiger partial charge in [-0.05, 0) is 42.8 Å². The highest BCUT2D eigenvalue weighted by Gasteiger charge is 2.01. The van der Waals surface area contributed by atoms with Crippen LogP contribution in [0.5, 0.6) is 5.75 Å². The normalized spacial score (nSPS) is 10.7. The Hall–Kier alpha value is -1.87. The van der Waals surface area contributed by atoms with Gasteiger partial charge < -0.3 is 4.74 Å². The molecule has 0 atom stereocenters. The van der Waals surface area contributed by atoms with E-state index in [0.717, 1.165) is 15.8 Å². The molecule has 0 radical (unpaired) electrons. The van der Waals surface area contributed by atoms with Crippen molar-refractivity contribution in [3.63, 3.8) is 0 Å². The SMILES string of the molecule is CCOc1ccc(/C=C/C(=O)c2cccc(Br)c2)cc1. The maximum Gasteiger partial charge on any atom is 0.185 e. The first kappa shape index (κ1) is 14.5. The van der Waals surface area contributed by atoms with Crippen LogP contribution in [0.4, 0.5) is 0 Å². The first-order valence-corrected chi connectivity index (χ1v) is 7.19. The molecule has 0 aliphatic heterocycles. The molecular weight excluding hydrogens is 316 g/mol. The zero-order chi connectivity index (χ0) is 14.4. The number of benzene rings is 2. The van der Waals surface area contributed by atoms with Gasteiger partial charge in [0.1, 0.15) is 5.75 Å². The Morgan fingerprint density at radius 2 is 1.95 bits per heavy atom. The highest BCUT2D eigenvalue weighted by atomic mass is 79.9. The van der Waals surface area contributed by atoms with Crippen molar-refractivity contribution in [2.75, 3.05) is 6.61 Å². The molecule has 0 aliphatic rings. The summed E-state index contributed by atoms with van der Waals surface area (Å²) in [6.07, 6.45) is 3.39. The summed E-state index contributed by atoms with van der Waals surface area (Å²) in [6, 6.07) is 15.0. The highest BCUT2D eigenvalue weighted by molar-refractivity contribution is 9.10. The lowest BCUT2D eigenvalue weighted by molar-refractivity contribution is 0.104. The van der Waals surface area contributed by atoms with E-state index in [1.54, 1.807) is 18.2 Å². The minimum atomic E-state index is -0.0137. The van der Waals surface area contributed by atoms with Gasteiger partial charge in [-0.15, -0.1) is 0 Å². The Bertz CT molecular complexity index is 615.